The van der Waals surface area contributed by atoms with E-state index >= 15 is 0 Å². The molecule has 1 fully saturated rings. The number of carbonyl (C=O) groups excluding carboxylic acids is 1. The quantitative estimate of drug-likeness (QED) is 0.528. The number of ether oxygens (including phenoxy) is 3. The Morgan fingerprint density at radius 3 is 2.30 bits per heavy atom. The largest absolute Gasteiger partial charge is 0.494 e. The van der Waals surface area contributed by atoms with E-state index in [1.807, 2.05) is 6.92 Å². The van der Waals surface area contributed by atoms with Crippen LogP contribution in [0, 0.1) is 0 Å². The van der Waals surface area contributed by atoms with Gasteiger partial charge in [-0.05, 0) is 69.0 Å². The third-order valence-electron chi connectivity index (χ3n) is 5.19. The molecule has 3 rings (SSSR count). The Hall–Kier alpha value is -3.27. The lowest BCUT2D eigenvalue weighted by molar-refractivity contribution is -0.119. The van der Waals surface area contributed by atoms with E-state index in [2.05, 4.69) is 10.5 Å². The van der Waals surface area contributed by atoms with Crippen LogP contribution in [0.1, 0.15) is 32.6 Å². The predicted octanol–water partition coefficient (Wildman–Crippen LogP) is 3.34. The third-order valence-corrected chi connectivity index (χ3v) is 6.96. The van der Waals surface area contributed by atoms with Crippen LogP contribution in [0.5, 0.6) is 17.2 Å². The maximum atomic E-state index is 13.6. The summed E-state index contributed by atoms with van der Waals surface area (Å²) in [5.41, 5.74) is 3.73. The number of amides is 1. The van der Waals surface area contributed by atoms with Gasteiger partial charge in [0.1, 0.15) is 12.3 Å². The number of nitrogens with one attached hydrogen (secondary N) is 1. The molecule has 33 heavy (non-hydrogen) atoms. The molecule has 1 amide bonds. The number of hydrazone groups is 1. The summed E-state index contributed by atoms with van der Waals surface area (Å²) in [6.07, 6.45) is 3.76. The molecule has 1 saturated carbocycles. The van der Waals surface area contributed by atoms with Crippen LogP contribution in [-0.4, -0.2) is 47.4 Å². The fourth-order valence-electron chi connectivity index (χ4n) is 3.50. The minimum Gasteiger partial charge on any atom is -0.494 e. The molecular formula is C23H29N3O6S. The SMILES string of the molecule is CCOc1ccc(N(CC(=O)NN=C2CCCC2)S(=O)(=O)c2ccc(OC)c(OC)c2)cc1. The summed E-state index contributed by atoms with van der Waals surface area (Å²) >= 11 is 0. The van der Waals surface area contributed by atoms with Crippen LogP contribution >= 0.6 is 0 Å². The molecule has 2 aromatic rings. The number of nitrogens with zero attached hydrogens (tertiary/aromatic N) is 2. The first-order valence-electron chi connectivity index (χ1n) is 10.7. The highest BCUT2D eigenvalue weighted by Crippen LogP contribution is 2.32. The van der Waals surface area contributed by atoms with E-state index in [1.54, 1.807) is 24.3 Å². The second-order valence-corrected chi connectivity index (χ2v) is 9.24. The Bertz CT molecular complexity index is 1090. The number of anilines is 1. The summed E-state index contributed by atoms with van der Waals surface area (Å²) in [5.74, 6) is 0.727. The highest BCUT2D eigenvalue weighted by atomic mass is 32.2. The van der Waals surface area contributed by atoms with Crippen LogP contribution < -0.4 is 23.9 Å². The topological polar surface area (TPSA) is 107 Å². The van der Waals surface area contributed by atoms with Gasteiger partial charge < -0.3 is 14.2 Å². The molecule has 0 heterocycles. The van der Waals surface area contributed by atoms with E-state index in [0.717, 1.165) is 35.7 Å². The van der Waals surface area contributed by atoms with Crippen LogP contribution in [0.3, 0.4) is 0 Å². The Morgan fingerprint density at radius 1 is 1.03 bits per heavy atom. The van der Waals surface area contributed by atoms with Crippen molar-refractivity contribution in [1.82, 2.24) is 5.43 Å². The van der Waals surface area contributed by atoms with Gasteiger partial charge in [-0.1, -0.05) is 0 Å². The minimum atomic E-state index is -4.12. The normalized spacial score (nSPS) is 13.4. The van der Waals surface area contributed by atoms with Crippen molar-refractivity contribution in [3.8, 4) is 17.2 Å². The van der Waals surface area contributed by atoms with Crippen molar-refractivity contribution in [2.24, 2.45) is 5.10 Å². The van der Waals surface area contributed by atoms with Gasteiger partial charge in [-0.25, -0.2) is 13.8 Å². The molecule has 0 bridgehead atoms. The third kappa shape index (κ3) is 5.95. The van der Waals surface area contributed by atoms with Gasteiger partial charge in [-0.3, -0.25) is 9.10 Å². The lowest BCUT2D eigenvalue weighted by atomic mass is 10.3. The lowest BCUT2D eigenvalue weighted by Crippen LogP contribution is -2.39. The van der Waals surface area contributed by atoms with E-state index in [1.165, 1.54) is 32.4 Å². The first-order valence-corrected chi connectivity index (χ1v) is 12.1. The van der Waals surface area contributed by atoms with E-state index in [4.69, 9.17) is 14.2 Å². The molecule has 1 N–H and O–H groups in total. The number of sulfonamides is 1. The molecule has 1 aliphatic carbocycles. The Labute approximate surface area is 194 Å². The van der Waals surface area contributed by atoms with Crippen molar-refractivity contribution in [3.05, 3.63) is 42.5 Å². The second kappa shape index (κ2) is 11.0. The smallest absolute Gasteiger partial charge is 0.264 e. The molecular weight excluding hydrogens is 446 g/mol. The Morgan fingerprint density at radius 2 is 1.70 bits per heavy atom. The van der Waals surface area contributed by atoms with Crippen LogP contribution in [0.2, 0.25) is 0 Å². The zero-order chi connectivity index (χ0) is 23.8. The van der Waals surface area contributed by atoms with E-state index in [0.29, 0.717) is 23.8 Å². The predicted molar refractivity (Wildman–Crippen MR) is 126 cm³/mol. The maximum absolute atomic E-state index is 13.6. The van der Waals surface area contributed by atoms with Gasteiger partial charge in [0, 0.05) is 11.8 Å². The Balaban J connectivity index is 1.94. The molecule has 0 spiro atoms. The Kier molecular flexibility index (Phi) is 8.16. The van der Waals surface area contributed by atoms with Crippen LogP contribution in [0.4, 0.5) is 5.69 Å². The van der Waals surface area contributed by atoms with Gasteiger partial charge in [-0.15, -0.1) is 0 Å². The standard InChI is InChI=1S/C23H29N3O6S/c1-4-32-19-11-9-18(10-12-19)26(16-23(27)25-24-17-7-5-6-8-17)33(28,29)20-13-14-21(30-2)22(15-20)31-3/h9-15H,4-8,16H2,1-3H3,(H,25,27). The lowest BCUT2D eigenvalue weighted by Gasteiger charge is -2.24. The molecule has 0 atom stereocenters. The summed E-state index contributed by atoms with van der Waals surface area (Å²) in [5, 5.41) is 4.15. The van der Waals surface area contributed by atoms with Gasteiger partial charge in [0.05, 0.1) is 31.4 Å². The number of carbonyl (C=O) groups is 1. The fourth-order valence-corrected chi connectivity index (χ4v) is 4.93. The van der Waals surface area contributed by atoms with Crippen LogP contribution in [-0.2, 0) is 14.8 Å². The van der Waals surface area contributed by atoms with Crippen LogP contribution in [0.25, 0.3) is 0 Å². The van der Waals surface area contributed by atoms with Gasteiger partial charge in [0.2, 0.25) is 0 Å². The monoisotopic (exact) mass is 475 g/mol. The summed E-state index contributed by atoms with van der Waals surface area (Å²) in [4.78, 5) is 12.6. The van der Waals surface area contributed by atoms with E-state index < -0.39 is 22.5 Å². The molecule has 2 aromatic carbocycles. The van der Waals surface area contributed by atoms with Gasteiger partial charge >= 0.3 is 0 Å². The summed E-state index contributed by atoms with van der Waals surface area (Å²) in [7, 11) is -1.23. The van der Waals surface area contributed by atoms with E-state index in [9.17, 15) is 13.2 Å². The average molecular weight is 476 g/mol. The van der Waals surface area contributed by atoms with Crippen molar-refractivity contribution < 1.29 is 27.4 Å². The van der Waals surface area contributed by atoms with Gasteiger partial charge in [0.25, 0.3) is 15.9 Å². The number of hydrogen-bond acceptors (Lipinski definition) is 7. The zero-order valence-corrected chi connectivity index (χ0v) is 19.9. The highest BCUT2D eigenvalue weighted by molar-refractivity contribution is 7.92. The molecule has 10 heteroatoms. The van der Waals surface area contributed by atoms with Crippen molar-refractivity contribution in [2.75, 3.05) is 31.7 Å². The van der Waals surface area contributed by atoms with E-state index in [-0.39, 0.29) is 10.6 Å². The van der Waals surface area contributed by atoms with Crippen molar-refractivity contribution in [3.63, 3.8) is 0 Å². The summed E-state index contributed by atoms with van der Waals surface area (Å²) < 4.78 is 44.1. The minimum absolute atomic E-state index is 0.0380. The first kappa shape index (κ1) is 24.4. The number of rotatable bonds is 10. The molecule has 1 aliphatic rings. The summed E-state index contributed by atoms with van der Waals surface area (Å²) in [6.45, 7) is 1.90. The fraction of sp³-hybridized carbons (Fsp3) is 0.391. The van der Waals surface area contributed by atoms with Crippen molar-refractivity contribution >= 4 is 27.3 Å². The number of benzene rings is 2. The second-order valence-electron chi connectivity index (χ2n) is 7.38. The highest BCUT2D eigenvalue weighted by Gasteiger charge is 2.28. The van der Waals surface area contributed by atoms with Crippen molar-refractivity contribution in [1.29, 1.82) is 0 Å². The number of hydrogen-bond donors (Lipinski definition) is 1. The molecule has 9 nitrogen and oxygen atoms in total. The van der Waals surface area contributed by atoms with Crippen molar-refractivity contribution in [2.45, 2.75) is 37.5 Å². The zero-order valence-electron chi connectivity index (χ0n) is 19.0. The summed E-state index contributed by atoms with van der Waals surface area (Å²) in [6, 6.07) is 10.8. The molecule has 0 aromatic heterocycles. The van der Waals surface area contributed by atoms with Crippen LogP contribution in [0.15, 0.2) is 52.5 Å². The number of methoxy groups -OCH3 is 2. The first-order chi connectivity index (χ1) is 15.9. The molecule has 0 aliphatic heterocycles. The van der Waals surface area contributed by atoms with Gasteiger partial charge in [0.15, 0.2) is 11.5 Å². The molecule has 178 valence electrons. The molecule has 0 unspecified atom stereocenters. The molecule has 0 saturated heterocycles. The average Bonchev–Trinajstić information content (AvgIpc) is 3.35. The van der Waals surface area contributed by atoms with Gasteiger partial charge in [-0.2, -0.15) is 5.10 Å². The molecule has 0 radical (unpaired) electrons. The maximum Gasteiger partial charge on any atom is 0.264 e.